The molecule has 0 aliphatic carbocycles. The number of hydrogen-bond donors (Lipinski definition) is 1. The van der Waals surface area contributed by atoms with Gasteiger partial charge in [-0.25, -0.2) is 4.79 Å². The highest BCUT2D eigenvalue weighted by atomic mass is 35.5. The van der Waals surface area contributed by atoms with Crippen LogP contribution in [-0.4, -0.2) is 39.8 Å². The fourth-order valence-electron chi connectivity index (χ4n) is 2.49. The molecule has 0 aromatic heterocycles. The molecule has 0 heterocycles. The SMILES string of the molecule is COC(=O)COc1c(Cl)cc(/C=C(/C#N)C(=O)NCc2ccc(OC)cc2)cc1OC. The topological polar surface area (TPSA) is 107 Å². The van der Waals surface area contributed by atoms with Gasteiger partial charge in [0.25, 0.3) is 5.91 Å². The second kappa shape index (κ2) is 11.5. The predicted octanol–water partition coefficient (Wildman–Crippen LogP) is 3.13. The van der Waals surface area contributed by atoms with E-state index in [-0.39, 0.29) is 35.2 Å². The third-order valence-electron chi connectivity index (χ3n) is 4.10. The molecule has 0 radical (unpaired) electrons. The van der Waals surface area contributed by atoms with Gasteiger partial charge in [0.05, 0.1) is 26.4 Å². The van der Waals surface area contributed by atoms with Crippen LogP contribution in [0.4, 0.5) is 0 Å². The largest absolute Gasteiger partial charge is 0.497 e. The van der Waals surface area contributed by atoms with Crippen LogP contribution >= 0.6 is 11.6 Å². The molecule has 0 unspecified atom stereocenters. The van der Waals surface area contributed by atoms with Gasteiger partial charge in [-0.15, -0.1) is 0 Å². The van der Waals surface area contributed by atoms with Crippen molar-refractivity contribution in [1.82, 2.24) is 5.32 Å². The maximum atomic E-state index is 12.4. The quantitative estimate of drug-likeness (QED) is 0.359. The first kappa shape index (κ1) is 23.6. The highest BCUT2D eigenvalue weighted by Crippen LogP contribution is 2.37. The van der Waals surface area contributed by atoms with E-state index < -0.39 is 11.9 Å². The first-order valence-electron chi connectivity index (χ1n) is 9.01. The van der Waals surface area contributed by atoms with E-state index in [1.807, 2.05) is 18.2 Å². The number of halogens is 1. The van der Waals surface area contributed by atoms with Crippen molar-refractivity contribution in [2.75, 3.05) is 27.9 Å². The Kier molecular flexibility index (Phi) is 8.73. The molecule has 9 heteroatoms. The number of carbonyl (C=O) groups is 2. The maximum absolute atomic E-state index is 12.4. The number of rotatable bonds is 9. The van der Waals surface area contributed by atoms with E-state index in [4.69, 9.17) is 25.8 Å². The van der Waals surface area contributed by atoms with E-state index >= 15 is 0 Å². The summed E-state index contributed by atoms with van der Waals surface area (Å²) in [5.41, 5.74) is 1.18. The Morgan fingerprint density at radius 3 is 2.42 bits per heavy atom. The molecule has 0 aliphatic rings. The Balaban J connectivity index is 2.16. The van der Waals surface area contributed by atoms with Crippen molar-refractivity contribution < 1.29 is 28.5 Å². The number of methoxy groups -OCH3 is 3. The second-order valence-corrected chi connectivity index (χ2v) is 6.51. The molecular formula is C22H21ClN2O6. The fourth-order valence-corrected chi connectivity index (χ4v) is 2.76. The minimum Gasteiger partial charge on any atom is -0.497 e. The number of nitrogens with zero attached hydrogens (tertiary/aromatic N) is 1. The lowest BCUT2D eigenvalue weighted by atomic mass is 10.1. The van der Waals surface area contributed by atoms with Crippen LogP contribution in [0.5, 0.6) is 17.2 Å². The van der Waals surface area contributed by atoms with Gasteiger partial charge >= 0.3 is 5.97 Å². The number of amides is 1. The second-order valence-electron chi connectivity index (χ2n) is 6.10. The minimum absolute atomic E-state index is 0.116. The predicted molar refractivity (Wildman–Crippen MR) is 114 cm³/mol. The average Bonchev–Trinajstić information content (AvgIpc) is 2.79. The number of nitriles is 1. The molecule has 0 saturated heterocycles. The van der Waals surface area contributed by atoms with Crippen molar-refractivity contribution in [1.29, 1.82) is 5.26 Å². The zero-order valence-corrected chi connectivity index (χ0v) is 18.0. The highest BCUT2D eigenvalue weighted by molar-refractivity contribution is 6.32. The summed E-state index contributed by atoms with van der Waals surface area (Å²) in [5.74, 6) is -0.0351. The normalized spacial score (nSPS) is 10.6. The van der Waals surface area contributed by atoms with Crippen LogP contribution in [-0.2, 0) is 20.9 Å². The van der Waals surface area contributed by atoms with Crippen LogP contribution in [0.1, 0.15) is 11.1 Å². The number of benzene rings is 2. The van der Waals surface area contributed by atoms with Gasteiger partial charge in [0.1, 0.15) is 17.4 Å². The lowest BCUT2D eigenvalue weighted by molar-refractivity contribution is -0.142. The first-order valence-corrected chi connectivity index (χ1v) is 9.39. The molecule has 31 heavy (non-hydrogen) atoms. The molecule has 2 aromatic rings. The van der Waals surface area contributed by atoms with Gasteiger partial charge in [0.2, 0.25) is 0 Å². The highest BCUT2D eigenvalue weighted by Gasteiger charge is 2.15. The smallest absolute Gasteiger partial charge is 0.343 e. The number of carbonyl (C=O) groups excluding carboxylic acids is 2. The molecule has 0 saturated carbocycles. The lowest BCUT2D eigenvalue weighted by Gasteiger charge is -2.12. The number of nitrogens with one attached hydrogen (secondary N) is 1. The monoisotopic (exact) mass is 444 g/mol. The Morgan fingerprint density at radius 1 is 1.13 bits per heavy atom. The molecule has 0 spiro atoms. The molecule has 8 nitrogen and oxygen atoms in total. The summed E-state index contributed by atoms with van der Waals surface area (Å²) in [7, 11) is 4.21. The summed E-state index contributed by atoms with van der Waals surface area (Å²) >= 11 is 6.23. The Bertz CT molecular complexity index is 1010. The van der Waals surface area contributed by atoms with Crippen molar-refractivity contribution in [2.24, 2.45) is 0 Å². The summed E-state index contributed by atoms with van der Waals surface area (Å²) in [6, 6.07) is 12.1. The third kappa shape index (κ3) is 6.66. The van der Waals surface area contributed by atoms with Crippen LogP contribution in [0.3, 0.4) is 0 Å². The summed E-state index contributed by atoms with van der Waals surface area (Å²) in [6.07, 6.45) is 1.38. The van der Waals surface area contributed by atoms with E-state index in [1.165, 1.54) is 32.4 Å². The van der Waals surface area contributed by atoms with E-state index in [2.05, 4.69) is 10.1 Å². The van der Waals surface area contributed by atoms with Gasteiger partial charge < -0.3 is 24.3 Å². The fraction of sp³-hybridized carbons (Fsp3) is 0.227. The zero-order chi connectivity index (χ0) is 22.8. The van der Waals surface area contributed by atoms with Gasteiger partial charge in [0, 0.05) is 6.54 Å². The summed E-state index contributed by atoms with van der Waals surface area (Å²) in [6.45, 7) is -0.106. The molecule has 2 aromatic carbocycles. The molecule has 2 rings (SSSR count). The van der Waals surface area contributed by atoms with Gasteiger partial charge in [-0.2, -0.15) is 5.26 Å². The van der Waals surface area contributed by atoms with Crippen molar-refractivity contribution in [2.45, 2.75) is 6.54 Å². The van der Waals surface area contributed by atoms with E-state index in [0.717, 1.165) is 5.56 Å². The Hall–Kier alpha value is -3.70. The van der Waals surface area contributed by atoms with E-state index in [1.54, 1.807) is 19.2 Å². The zero-order valence-electron chi connectivity index (χ0n) is 17.2. The number of hydrogen-bond acceptors (Lipinski definition) is 7. The van der Waals surface area contributed by atoms with E-state index in [0.29, 0.717) is 11.3 Å². The molecule has 1 N–H and O–H groups in total. The molecular weight excluding hydrogens is 424 g/mol. The standard InChI is InChI=1S/C22H21ClN2O6/c1-28-17-6-4-14(5-7-17)12-25-22(27)16(11-24)8-15-9-18(23)21(19(10-15)29-2)31-13-20(26)30-3/h4-10H,12-13H2,1-3H3,(H,25,27)/b16-8-. The van der Waals surface area contributed by atoms with Crippen LogP contribution < -0.4 is 19.5 Å². The summed E-state index contributed by atoms with van der Waals surface area (Å²) < 4.78 is 20.2. The molecule has 0 bridgehead atoms. The van der Waals surface area contributed by atoms with Gasteiger partial charge in [-0.05, 0) is 41.5 Å². The first-order chi connectivity index (χ1) is 14.9. The van der Waals surface area contributed by atoms with Crippen LogP contribution in [0.2, 0.25) is 5.02 Å². The third-order valence-corrected chi connectivity index (χ3v) is 4.38. The van der Waals surface area contributed by atoms with Crippen molar-refractivity contribution in [3.8, 4) is 23.3 Å². The molecule has 0 aliphatic heterocycles. The van der Waals surface area contributed by atoms with Crippen LogP contribution in [0.25, 0.3) is 6.08 Å². The molecule has 0 fully saturated rings. The Morgan fingerprint density at radius 2 is 1.84 bits per heavy atom. The van der Waals surface area contributed by atoms with Crippen LogP contribution in [0.15, 0.2) is 42.0 Å². The Labute approximate surface area is 184 Å². The average molecular weight is 445 g/mol. The van der Waals surface area contributed by atoms with Gasteiger partial charge in [-0.1, -0.05) is 23.7 Å². The minimum atomic E-state index is -0.581. The van der Waals surface area contributed by atoms with E-state index in [9.17, 15) is 14.9 Å². The number of esters is 1. The molecule has 1 amide bonds. The maximum Gasteiger partial charge on any atom is 0.343 e. The molecule has 162 valence electrons. The van der Waals surface area contributed by atoms with Crippen molar-refractivity contribution in [3.05, 3.63) is 58.1 Å². The van der Waals surface area contributed by atoms with Crippen LogP contribution in [0, 0.1) is 11.3 Å². The summed E-state index contributed by atoms with van der Waals surface area (Å²) in [5, 5.41) is 12.2. The lowest BCUT2D eigenvalue weighted by Crippen LogP contribution is -2.23. The number of ether oxygens (including phenoxy) is 4. The molecule has 0 atom stereocenters. The van der Waals surface area contributed by atoms with Crippen molar-refractivity contribution in [3.63, 3.8) is 0 Å². The van der Waals surface area contributed by atoms with Crippen molar-refractivity contribution >= 4 is 29.6 Å². The van der Waals surface area contributed by atoms with Gasteiger partial charge in [-0.3, -0.25) is 4.79 Å². The summed E-state index contributed by atoms with van der Waals surface area (Å²) in [4.78, 5) is 23.7. The van der Waals surface area contributed by atoms with Gasteiger partial charge in [0.15, 0.2) is 18.1 Å².